The van der Waals surface area contributed by atoms with Gasteiger partial charge < -0.3 is 10.3 Å². The van der Waals surface area contributed by atoms with E-state index in [1.807, 2.05) is 48.5 Å². The zero-order valence-corrected chi connectivity index (χ0v) is 14.4. The van der Waals surface area contributed by atoms with E-state index in [0.717, 1.165) is 35.7 Å². The van der Waals surface area contributed by atoms with Crippen molar-refractivity contribution in [2.24, 2.45) is 7.05 Å². The molecule has 3 aromatic rings. The predicted octanol–water partition coefficient (Wildman–Crippen LogP) is 3.24. The second-order valence-electron chi connectivity index (χ2n) is 6.01. The van der Waals surface area contributed by atoms with E-state index < -0.39 is 0 Å². The number of amides is 1. The Hall–Kier alpha value is -2.27. The summed E-state index contributed by atoms with van der Waals surface area (Å²) in [6.45, 7) is 0.697. The molecular weight excluding hydrogens is 324 g/mol. The first-order chi connectivity index (χ1) is 11.6. The molecule has 0 aliphatic heterocycles. The quantitative estimate of drug-likeness (QED) is 0.646. The molecule has 0 bridgehead atoms. The lowest BCUT2D eigenvalue weighted by atomic mass is 10.1. The first-order valence-corrected chi connectivity index (χ1v) is 8.49. The molecule has 1 aromatic carbocycles. The van der Waals surface area contributed by atoms with E-state index in [9.17, 15) is 4.79 Å². The number of halogens is 1. The fourth-order valence-electron chi connectivity index (χ4n) is 2.82. The Kier molecular flexibility index (Phi) is 5.20. The number of H-pyrrole nitrogens is 1. The van der Waals surface area contributed by atoms with Crippen LogP contribution < -0.4 is 5.32 Å². The third-order valence-corrected chi connectivity index (χ3v) is 4.29. The minimum atomic E-state index is 0.0391. The topological polar surface area (TPSA) is 62.7 Å². The van der Waals surface area contributed by atoms with E-state index in [2.05, 4.69) is 15.4 Å². The maximum atomic E-state index is 12.1. The van der Waals surface area contributed by atoms with Gasteiger partial charge in [0, 0.05) is 41.9 Å². The van der Waals surface area contributed by atoms with Gasteiger partial charge in [0.05, 0.1) is 12.6 Å². The normalized spacial score (nSPS) is 11.1. The van der Waals surface area contributed by atoms with Crippen LogP contribution in [0.2, 0.25) is 5.02 Å². The van der Waals surface area contributed by atoms with Crippen molar-refractivity contribution in [1.82, 2.24) is 20.1 Å². The van der Waals surface area contributed by atoms with Gasteiger partial charge in [0.25, 0.3) is 0 Å². The van der Waals surface area contributed by atoms with E-state index in [0.29, 0.717) is 18.0 Å². The lowest BCUT2D eigenvalue weighted by Crippen LogP contribution is -2.26. The summed E-state index contributed by atoms with van der Waals surface area (Å²) >= 11 is 6.03. The van der Waals surface area contributed by atoms with E-state index in [-0.39, 0.29) is 5.91 Å². The monoisotopic (exact) mass is 344 g/mol. The first kappa shape index (κ1) is 16.6. The molecule has 2 aromatic heterocycles. The molecule has 126 valence electrons. The number of benzene rings is 1. The average molecular weight is 345 g/mol. The number of hydrogen-bond donors (Lipinski definition) is 2. The fourth-order valence-corrected chi connectivity index (χ4v) is 2.99. The van der Waals surface area contributed by atoms with E-state index in [1.165, 1.54) is 5.56 Å². The number of nitrogens with one attached hydrogen (secondary N) is 2. The van der Waals surface area contributed by atoms with Gasteiger partial charge in [-0.1, -0.05) is 11.6 Å². The molecule has 0 spiro atoms. The molecule has 2 heterocycles. The number of hydrogen-bond acceptors (Lipinski definition) is 2. The standard InChI is InChI=1S/C18H21ClN4O/c1-23-12-13(10-22-23)4-2-3-7-20-18(24)8-14-11-21-17-6-5-15(19)9-16(14)17/h5-6,9-12,21H,2-4,7-8H2,1H3,(H,20,24). The van der Waals surface area contributed by atoms with Crippen LogP contribution in [-0.4, -0.2) is 27.2 Å². The molecule has 1 amide bonds. The number of rotatable bonds is 7. The van der Waals surface area contributed by atoms with Gasteiger partial charge in [0.15, 0.2) is 0 Å². The number of carbonyl (C=O) groups is 1. The molecule has 0 aliphatic rings. The third kappa shape index (κ3) is 4.17. The predicted molar refractivity (Wildman–Crippen MR) is 96.2 cm³/mol. The molecule has 0 radical (unpaired) electrons. The van der Waals surface area contributed by atoms with Crippen molar-refractivity contribution in [2.45, 2.75) is 25.7 Å². The highest BCUT2D eigenvalue weighted by atomic mass is 35.5. The van der Waals surface area contributed by atoms with E-state index in [4.69, 9.17) is 11.6 Å². The first-order valence-electron chi connectivity index (χ1n) is 8.11. The minimum absolute atomic E-state index is 0.0391. The summed E-state index contributed by atoms with van der Waals surface area (Å²) in [5.74, 6) is 0.0391. The van der Waals surface area contributed by atoms with Crippen LogP contribution in [0.3, 0.4) is 0 Å². The van der Waals surface area contributed by atoms with Crippen molar-refractivity contribution in [2.75, 3.05) is 6.54 Å². The van der Waals surface area contributed by atoms with Gasteiger partial charge in [-0.2, -0.15) is 5.10 Å². The van der Waals surface area contributed by atoms with Crippen molar-refractivity contribution in [3.05, 3.63) is 52.9 Å². The summed E-state index contributed by atoms with van der Waals surface area (Å²) < 4.78 is 1.81. The smallest absolute Gasteiger partial charge is 0.224 e. The van der Waals surface area contributed by atoms with Crippen molar-refractivity contribution in [3.8, 4) is 0 Å². The zero-order valence-electron chi connectivity index (χ0n) is 13.7. The SMILES string of the molecule is Cn1cc(CCCCNC(=O)Cc2c[nH]c3ccc(Cl)cc23)cn1. The van der Waals surface area contributed by atoms with E-state index >= 15 is 0 Å². The fraction of sp³-hybridized carbons (Fsp3) is 0.333. The number of carbonyl (C=O) groups excluding carboxylic acids is 1. The molecular formula is C18H21ClN4O. The highest BCUT2D eigenvalue weighted by Gasteiger charge is 2.09. The van der Waals surface area contributed by atoms with Crippen molar-refractivity contribution >= 4 is 28.4 Å². The number of nitrogens with zero attached hydrogens (tertiary/aromatic N) is 2. The molecule has 3 rings (SSSR count). The number of aryl methyl sites for hydroxylation is 2. The van der Waals surface area contributed by atoms with Crippen molar-refractivity contribution in [3.63, 3.8) is 0 Å². The highest BCUT2D eigenvalue weighted by Crippen LogP contribution is 2.22. The third-order valence-electron chi connectivity index (χ3n) is 4.05. The van der Waals surface area contributed by atoms with Crippen LogP contribution in [0.15, 0.2) is 36.8 Å². The maximum absolute atomic E-state index is 12.1. The Bertz CT molecular complexity index is 837. The Morgan fingerprint density at radius 1 is 1.38 bits per heavy atom. The lowest BCUT2D eigenvalue weighted by molar-refractivity contribution is -0.120. The average Bonchev–Trinajstić information content (AvgIpc) is 3.13. The second kappa shape index (κ2) is 7.53. The summed E-state index contributed by atoms with van der Waals surface area (Å²) in [5.41, 5.74) is 3.21. The Balaban J connectivity index is 1.43. The Morgan fingerprint density at radius 2 is 2.25 bits per heavy atom. The van der Waals surface area contributed by atoms with Gasteiger partial charge in [0.2, 0.25) is 5.91 Å². The second-order valence-corrected chi connectivity index (χ2v) is 6.45. The van der Waals surface area contributed by atoms with Gasteiger partial charge in [-0.3, -0.25) is 9.48 Å². The van der Waals surface area contributed by atoms with Crippen LogP contribution in [-0.2, 0) is 24.7 Å². The molecule has 5 nitrogen and oxygen atoms in total. The molecule has 0 saturated heterocycles. The largest absolute Gasteiger partial charge is 0.361 e. The number of aromatic amines is 1. The number of aromatic nitrogens is 3. The van der Waals surface area contributed by atoms with Gasteiger partial charge >= 0.3 is 0 Å². The molecule has 0 atom stereocenters. The summed E-state index contributed by atoms with van der Waals surface area (Å²) in [6.07, 6.45) is 9.15. The van der Waals surface area contributed by atoms with Gasteiger partial charge in [-0.05, 0) is 48.6 Å². The highest BCUT2D eigenvalue weighted by molar-refractivity contribution is 6.31. The molecule has 2 N–H and O–H groups in total. The van der Waals surface area contributed by atoms with Crippen LogP contribution >= 0.6 is 11.6 Å². The van der Waals surface area contributed by atoms with Crippen LogP contribution in [0, 0.1) is 0 Å². The molecule has 0 saturated carbocycles. The van der Waals surface area contributed by atoms with Crippen LogP contribution in [0.4, 0.5) is 0 Å². The van der Waals surface area contributed by atoms with Crippen molar-refractivity contribution in [1.29, 1.82) is 0 Å². The van der Waals surface area contributed by atoms with Gasteiger partial charge in [0.1, 0.15) is 0 Å². The molecule has 0 fully saturated rings. The summed E-state index contributed by atoms with van der Waals surface area (Å²) in [7, 11) is 1.92. The molecule has 24 heavy (non-hydrogen) atoms. The maximum Gasteiger partial charge on any atom is 0.224 e. The molecule has 0 unspecified atom stereocenters. The Morgan fingerprint density at radius 3 is 3.04 bits per heavy atom. The van der Waals surface area contributed by atoms with Crippen LogP contribution in [0.1, 0.15) is 24.0 Å². The summed E-state index contributed by atoms with van der Waals surface area (Å²) in [4.78, 5) is 15.3. The molecule has 6 heteroatoms. The van der Waals surface area contributed by atoms with Crippen molar-refractivity contribution < 1.29 is 4.79 Å². The van der Waals surface area contributed by atoms with Gasteiger partial charge in [-0.15, -0.1) is 0 Å². The summed E-state index contributed by atoms with van der Waals surface area (Å²) in [5, 5.41) is 8.82. The number of unbranched alkanes of at least 4 members (excludes halogenated alkanes) is 1. The summed E-state index contributed by atoms with van der Waals surface area (Å²) in [6, 6.07) is 5.66. The minimum Gasteiger partial charge on any atom is -0.361 e. The van der Waals surface area contributed by atoms with Crippen LogP contribution in [0.5, 0.6) is 0 Å². The zero-order chi connectivity index (χ0) is 16.9. The van der Waals surface area contributed by atoms with Crippen LogP contribution in [0.25, 0.3) is 10.9 Å². The Labute approximate surface area is 146 Å². The molecule has 0 aliphatic carbocycles. The van der Waals surface area contributed by atoms with E-state index in [1.54, 1.807) is 0 Å². The lowest BCUT2D eigenvalue weighted by Gasteiger charge is -2.04. The number of fused-ring (bicyclic) bond motifs is 1. The van der Waals surface area contributed by atoms with Gasteiger partial charge in [-0.25, -0.2) is 0 Å².